The molecule has 0 heterocycles. The lowest BCUT2D eigenvalue weighted by Crippen LogP contribution is -2.26. The Hall–Kier alpha value is -1.19. The number of ketones is 1. The SMILES string of the molecule is CC(N)C(=O)c1ccc2cc(Br)ccc2c1. The lowest BCUT2D eigenvalue weighted by atomic mass is 10.0. The van der Waals surface area contributed by atoms with Gasteiger partial charge in [-0.15, -0.1) is 0 Å². The molecule has 0 radical (unpaired) electrons. The van der Waals surface area contributed by atoms with Crippen LogP contribution in [0.25, 0.3) is 10.8 Å². The molecule has 16 heavy (non-hydrogen) atoms. The Balaban J connectivity index is 2.52. The number of nitrogens with two attached hydrogens (primary N) is 1. The molecule has 0 aliphatic rings. The summed E-state index contributed by atoms with van der Waals surface area (Å²) in [5, 5.41) is 2.16. The zero-order valence-electron chi connectivity index (χ0n) is 8.91. The number of fused-ring (bicyclic) bond motifs is 1. The molecule has 0 saturated heterocycles. The second kappa shape index (κ2) is 4.36. The summed E-state index contributed by atoms with van der Waals surface area (Å²) in [7, 11) is 0. The minimum Gasteiger partial charge on any atom is -0.321 e. The van der Waals surface area contributed by atoms with Crippen LogP contribution in [-0.4, -0.2) is 11.8 Å². The number of halogens is 1. The summed E-state index contributed by atoms with van der Waals surface area (Å²) in [4.78, 5) is 11.7. The molecular weight excluding hydrogens is 266 g/mol. The second-order valence-electron chi connectivity index (χ2n) is 3.86. The number of Topliss-reactive ketones (excluding diaryl/α,β-unsaturated/α-hetero) is 1. The smallest absolute Gasteiger partial charge is 0.179 e. The quantitative estimate of drug-likeness (QED) is 0.857. The van der Waals surface area contributed by atoms with Gasteiger partial charge in [0, 0.05) is 10.0 Å². The van der Waals surface area contributed by atoms with Gasteiger partial charge in [0.25, 0.3) is 0 Å². The molecule has 0 fully saturated rings. The summed E-state index contributed by atoms with van der Waals surface area (Å²) in [6, 6.07) is 11.2. The minimum absolute atomic E-state index is 0.0233. The Labute approximate surface area is 103 Å². The predicted octanol–water partition coefficient (Wildman–Crippen LogP) is 3.13. The Morgan fingerprint density at radius 1 is 1.19 bits per heavy atom. The highest BCUT2D eigenvalue weighted by molar-refractivity contribution is 9.10. The average molecular weight is 278 g/mol. The molecule has 0 spiro atoms. The summed E-state index contributed by atoms with van der Waals surface area (Å²) >= 11 is 3.42. The largest absolute Gasteiger partial charge is 0.321 e. The van der Waals surface area contributed by atoms with E-state index < -0.39 is 6.04 Å². The molecule has 2 aromatic carbocycles. The van der Waals surface area contributed by atoms with Crippen molar-refractivity contribution >= 4 is 32.5 Å². The molecule has 1 unspecified atom stereocenters. The predicted molar refractivity (Wildman–Crippen MR) is 69.6 cm³/mol. The summed E-state index contributed by atoms with van der Waals surface area (Å²) in [6.45, 7) is 1.70. The molecular formula is C13H12BrNO. The summed E-state index contributed by atoms with van der Waals surface area (Å²) in [5.41, 5.74) is 6.25. The van der Waals surface area contributed by atoms with Crippen LogP contribution < -0.4 is 5.73 Å². The van der Waals surface area contributed by atoms with E-state index in [0.29, 0.717) is 5.56 Å². The molecule has 82 valence electrons. The van der Waals surface area contributed by atoms with Crippen LogP contribution in [0.4, 0.5) is 0 Å². The molecule has 2 aromatic rings. The van der Waals surface area contributed by atoms with E-state index in [1.165, 1.54) is 0 Å². The number of benzene rings is 2. The highest BCUT2D eigenvalue weighted by Crippen LogP contribution is 2.21. The molecule has 0 aromatic heterocycles. The molecule has 0 aliphatic carbocycles. The van der Waals surface area contributed by atoms with E-state index in [-0.39, 0.29) is 5.78 Å². The lowest BCUT2D eigenvalue weighted by Gasteiger charge is -2.06. The highest BCUT2D eigenvalue weighted by atomic mass is 79.9. The number of hydrogen-bond donors (Lipinski definition) is 1. The molecule has 0 amide bonds. The first kappa shape index (κ1) is 11.3. The standard InChI is InChI=1S/C13H12BrNO/c1-8(15)13(16)11-3-2-10-7-12(14)5-4-9(10)6-11/h2-8H,15H2,1H3. The van der Waals surface area contributed by atoms with Gasteiger partial charge in [-0.3, -0.25) is 4.79 Å². The molecule has 2 nitrogen and oxygen atoms in total. The Morgan fingerprint density at radius 2 is 1.81 bits per heavy atom. The first-order chi connectivity index (χ1) is 7.58. The third-order valence-corrected chi connectivity index (χ3v) is 2.99. The molecule has 0 saturated carbocycles. The number of hydrogen-bond acceptors (Lipinski definition) is 2. The van der Waals surface area contributed by atoms with Crippen molar-refractivity contribution in [2.75, 3.05) is 0 Å². The van der Waals surface area contributed by atoms with Crippen LogP contribution >= 0.6 is 15.9 Å². The van der Waals surface area contributed by atoms with Gasteiger partial charge in [0.15, 0.2) is 5.78 Å². The van der Waals surface area contributed by atoms with Gasteiger partial charge in [0.2, 0.25) is 0 Å². The van der Waals surface area contributed by atoms with Gasteiger partial charge in [-0.25, -0.2) is 0 Å². The van der Waals surface area contributed by atoms with Crippen molar-refractivity contribution in [2.24, 2.45) is 5.73 Å². The van der Waals surface area contributed by atoms with Gasteiger partial charge >= 0.3 is 0 Å². The molecule has 1 atom stereocenters. The van der Waals surface area contributed by atoms with Crippen molar-refractivity contribution in [3.63, 3.8) is 0 Å². The van der Waals surface area contributed by atoms with Crippen molar-refractivity contribution in [3.05, 3.63) is 46.4 Å². The molecule has 3 heteroatoms. The van der Waals surface area contributed by atoms with Crippen LogP contribution in [0.15, 0.2) is 40.9 Å². The van der Waals surface area contributed by atoms with Crippen LogP contribution in [0.5, 0.6) is 0 Å². The summed E-state index contributed by atoms with van der Waals surface area (Å²) in [6.07, 6.45) is 0. The number of rotatable bonds is 2. The van der Waals surface area contributed by atoms with E-state index in [0.717, 1.165) is 15.2 Å². The van der Waals surface area contributed by atoms with Gasteiger partial charge in [0.1, 0.15) is 0 Å². The Bertz CT molecular complexity index is 549. The average Bonchev–Trinajstić information content (AvgIpc) is 2.27. The van der Waals surface area contributed by atoms with Gasteiger partial charge in [-0.2, -0.15) is 0 Å². The molecule has 0 bridgehead atoms. The molecule has 2 rings (SSSR count). The van der Waals surface area contributed by atoms with E-state index in [9.17, 15) is 4.79 Å². The van der Waals surface area contributed by atoms with E-state index in [2.05, 4.69) is 15.9 Å². The Morgan fingerprint density at radius 3 is 2.50 bits per heavy atom. The van der Waals surface area contributed by atoms with Crippen LogP contribution in [0.1, 0.15) is 17.3 Å². The molecule has 2 N–H and O–H groups in total. The first-order valence-electron chi connectivity index (χ1n) is 5.07. The van der Waals surface area contributed by atoms with Crippen molar-refractivity contribution in [1.82, 2.24) is 0 Å². The van der Waals surface area contributed by atoms with E-state index in [1.54, 1.807) is 6.92 Å². The third kappa shape index (κ3) is 2.15. The maximum Gasteiger partial charge on any atom is 0.179 e. The zero-order chi connectivity index (χ0) is 11.7. The van der Waals surface area contributed by atoms with E-state index >= 15 is 0 Å². The zero-order valence-corrected chi connectivity index (χ0v) is 10.5. The first-order valence-corrected chi connectivity index (χ1v) is 5.86. The van der Waals surface area contributed by atoms with Crippen molar-refractivity contribution in [2.45, 2.75) is 13.0 Å². The van der Waals surface area contributed by atoms with Crippen molar-refractivity contribution in [3.8, 4) is 0 Å². The Kier molecular flexibility index (Phi) is 3.08. The number of carbonyl (C=O) groups excluding carboxylic acids is 1. The summed E-state index contributed by atoms with van der Waals surface area (Å²) in [5.74, 6) is -0.0233. The van der Waals surface area contributed by atoms with Crippen LogP contribution in [0, 0.1) is 0 Å². The van der Waals surface area contributed by atoms with E-state index in [1.807, 2.05) is 36.4 Å². The highest BCUT2D eigenvalue weighted by Gasteiger charge is 2.10. The van der Waals surface area contributed by atoms with Crippen LogP contribution in [-0.2, 0) is 0 Å². The lowest BCUT2D eigenvalue weighted by molar-refractivity contribution is 0.0968. The minimum atomic E-state index is -0.451. The van der Waals surface area contributed by atoms with E-state index in [4.69, 9.17) is 5.73 Å². The van der Waals surface area contributed by atoms with Crippen molar-refractivity contribution in [1.29, 1.82) is 0 Å². The summed E-state index contributed by atoms with van der Waals surface area (Å²) < 4.78 is 1.03. The maximum absolute atomic E-state index is 11.7. The maximum atomic E-state index is 11.7. The fourth-order valence-corrected chi connectivity index (χ4v) is 2.01. The monoisotopic (exact) mass is 277 g/mol. The van der Waals surface area contributed by atoms with Crippen LogP contribution in [0.2, 0.25) is 0 Å². The van der Waals surface area contributed by atoms with Gasteiger partial charge in [0.05, 0.1) is 6.04 Å². The third-order valence-electron chi connectivity index (χ3n) is 2.50. The fraction of sp³-hybridized carbons (Fsp3) is 0.154. The van der Waals surface area contributed by atoms with Gasteiger partial charge in [-0.1, -0.05) is 34.1 Å². The van der Waals surface area contributed by atoms with Crippen LogP contribution in [0.3, 0.4) is 0 Å². The fourth-order valence-electron chi connectivity index (χ4n) is 1.63. The van der Waals surface area contributed by atoms with Gasteiger partial charge < -0.3 is 5.73 Å². The number of carbonyl (C=O) groups is 1. The normalized spacial score (nSPS) is 12.7. The molecule has 0 aliphatic heterocycles. The second-order valence-corrected chi connectivity index (χ2v) is 4.77. The van der Waals surface area contributed by atoms with Gasteiger partial charge in [-0.05, 0) is 35.9 Å². The van der Waals surface area contributed by atoms with Crippen molar-refractivity contribution < 1.29 is 4.79 Å². The topological polar surface area (TPSA) is 43.1 Å².